The van der Waals surface area contributed by atoms with Gasteiger partial charge in [0.2, 0.25) is 0 Å². The van der Waals surface area contributed by atoms with E-state index in [1.165, 1.54) is 6.20 Å². The van der Waals surface area contributed by atoms with Gasteiger partial charge in [-0.15, -0.1) is 0 Å². The van der Waals surface area contributed by atoms with E-state index in [1.807, 2.05) is 0 Å². The van der Waals surface area contributed by atoms with Gasteiger partial charge in [-0.05, 0) is 24.3 Å². The van der Waals surface area contributed by atoms with Crippen LogP contribution >= 0.6 is 0 Å². The number of hydrogen-bond acceptors (Lipinski definition) is 4. The van der Waals surface area contributed by atoms with Crippen molar-refractivity contribution >= 4 is 15.5 Å². The van der Waals surface area contributed by atoms with Crippen molar-refractivity contribution in [3.63, 3.8) is 0 Å². The van der Waals surface area contributed by atoms with Gasteiger partial charge < -0.3 is 5.32 Å². The summed E-state index contributed by atoms with van der Waals surface area (Å²) in [6.45, 7) is 0.00596. The quantitative estimate of drug-likeness (QED) is 0.848. The van der Waals surface area contributed by atoms with Gasteiger partial charge in [-0.2, -0.15) is 18.3 Å². The lowest BCUT2D eigenvalue weighted by atomic mass is 10.3. The van der Waals surface area contributed by atoms with Crippen molar-refractivity contribution in [3.05, 3.63) is 42.0 Å². The van der Waals surface area contributed by atoms with E-state index in [1.54, 1.807) is 6.07 Å². The molecule has 0 saturated heterocycles. The van der Waals surface area contributed by atoms with Gasteiger partial charge in [-0.1, -0.05) is 0 Å². The topological polar surface area (TPSA) is 74.8 Å². The van der Waals surface area contributed by atoms with Crippen molar-refractivity contribution in [2.75, 3.05) is 5.32 Å². The predicted octanol–water partition coefficient (Wildman–Crippen LogP) is 2.45. The maximum absolute atomic E-state index is 13.1. The van der Waals surface area contributed by atoms with Crippen molar-refractivity contribution in [1.29, 1.82) is 0 Å². The molecule has 0 spiro atoms. The fourth-order valence-electron chi connectivity index (χ4n) is 1.56. The van der Waals surface area contributed by atoms with Gasteiger partial charge in [0, 0.05) is 6.20 Å². The molecule has 0 atom stereocenters. The Kier molecular flexibility index (Phi) is 3.90. The molecule has 1 aromatic heterocycles. The molecular formula is C11H9F4N3O2S. The summed E-state index contributed by atoms with van der Waals surface area (Å²) in [6, 6.07) is 3.68. The van der Waals surface area contributed by atoms with Gasteiger partial charge in [0.25, 0.3) is 9.84 Å². The van der Waals surface area contributed by atoms with Gasteiger partial charge in [0.1, 0.15) is 10.7 Å². The summed E-state index contributed by atoms with van der Waals surface area (Å²) in [4.78, 5) is -1.16. The number of halogens is 4. The Morgan fingerprint density at radius 1 is 1.24 bits per heavy atom. The highest BCUT2D eigenvalue weighted by atomic mass is 32.2. The molecule has 10 heteroatoms. The number of rotatable bonds is 4. The summed E-state index contributed by atoms with van der Waals surface area (Å²) in [5.74, 6) is -1.08. The van der Waals surface area contributed by atoms with Crippen LogP contribution in [0.3, 0.4) is 0 Å². The zero-order chi connectivity index (χ0) is 15.7. The van der Waals surface area contributed by atoms with E-state index in [4.69, 9.17) is 0 Å². The molecule has 0 unspecified atom stereocenters. The first kappa shape index (κ1) is 15.3. The Morgan fingerprint density at radius 2 is 1.95 bits per heavy atom. The molecule has 0 saturated carbocycles. The Balaban J connectivity index is 2.39. The van der Waals surface area contributed by atoms with Gasteiger partial charge in [-0.3, -0.25) is 5.10 Å². The molecule has 0 fully saturated rings. The number of benzene rings is 1. The molecular weight excluding hydrogens is 314 g/mol. The second-order valence-corrected chi connectivity index (χ2v) is 5.93. The molecule has 5 nitrogen and oxygen atoms in total. The van der Waals surface area contributed by atoms with E-state index in [-0.39, 0.29) is 12.2 Å². The van der Waals surface area contributed by atoms with Crippen LogP contribution in [0.2, 0.25) is 0 Å². The zero-order valence-electron chi connectivity index (χ0n) is 10.3. The maximum Gasteiger partial charge on any atom is 0.501 e. The van der Waals surface area contributed by atoms with Crippen molar-refractivity contribution < 1.29 is 26.0 Å². The second-order valence-electron chi connectivity index (χ2n) is 4.03. The van der Waals surface area contributed by atoms with Crippen LogP contribution in [0.15, 0.2) is 35.4 Å². The van der Waals surface area contributed by atoms with Crippen LogP contribution in [0, 0.1) is 5.82 Å². The molecule has 0 aliphatic rings. The molecule has 0 aliphatic carbocycles. The fourth-order valence-corrected chi connectivity index (χ4v) is 2.51. The normalized spacial score (nSPS) is 12.4. The zero-order valence-corrected chi connectivity index (χ0v) is 11.1. The maximum atomic E-state index is 13.1. The van der Waals surface area contributed by atoms with E-state index in [9.17, 15) is 26.0 Å². The largest absolute Gasteiger partial charge is 0.501 e. The Bertz CT molecular complexity index is 726. The molecule has 114 valence electrons. The molecule has 2 N–H and O–H groups in total. The number of alkyl halides is 3. The number of sulfone groups is 1. The minimum absolute atomic E-state index is 0.00596. The number of hydrogen-bond donors (Lipinski definition) is 2. The van der Waals surface area contributed by atoms with E-state index in [2.05, 4.69) is 15.5 Å². The standard InChI is InChI=1S/C11H9F4N3O2S/c12-7-1-2-9(16-6-8-3-4-17-18-8)10(5-7)21(19,20)11(13,14)15/h1-5,16H,6H2,(H,17,18). The minimum Gasteiger partial charge on any atom is -0.378 e. The fraction of sp³-hybridized carbons (Fsp3) is 0.182. The van der Waals surface area contributed by atoms with E-state index < -0.39 is 26.1 Å². The van der Waals surface area contributed by atoms with Crippen molar-refractivity contribution in [1.82, 2.24) is 10.2 Å². The molecule has 1 aromatic carbocycles. The van der Waals surface area contributed by atoms with Crippen molar-refractivity contribution in [2.45, 2.75) is 16.9 Å². The Labute approximate surface area is 116 Å². The molecule has 0 radical (unpaired) electrons. The third kappa shape index (κ3) is 3.15. The first-order valence-electron chi connectivity index (χ1n) is 5.55. The molecule has 0 aliphatic heterocycles. The smallest absolute Gasteiger partial charge is 0.378 e. The average Bonchev–Trinajstić information content (AvgIpc) is 2.89. The summed E-state index contributed by atoms with van der Waals surface area (Å²) in [5, 5.41) is 8.69. The summed E-state index contributed by atoms with van der Waals surface area (Å²) in [5.41, 5.74) is -5.33. The van der Waals surface area contributed by atoms with Crippen LogP contribution in [0.1, 0.15) is 5.69 Å². The van der Waals surface area contributed by atoms with Gasteiger partial charge >= 0.3 is 5.51 Å². The molecule has 2 rings (SSSR count). The van der Waals surface area contributed by atoms with Crippen LogP contribution < -0.4 is 5.32 Å². The lowest BCUT2D eigenvalue weighted by Gasteiger charge is -2.14. The minimum atomic E-state index is -5.65. The van der Waals surface area contributed by atoms with E-state index in [0.29, 0.717) is 11.8 Å². The van der Waals surface area contributed by atoms with Crippen molar-refractivity contribution in [3.8, 4) is 0 Å². The van der Waals surface area contributed by atoms with Crippen LogP contribution in [-0.2, 0) is 16.4 Å². The first-order valence-corrected chi connectivity index (χ1v) is 7.03. The predicted molar refractivity (Wildman–Crippen MR) is 65.6 cm³/mol. The average molecular weight is 323 g/mol. The lowest BCUT2D eigenvalue weighted by molar-refractivity contribution is -0.0435. The summed E-state index contributed by atoms with van der Waals surface area (Å²) >= 11 is 0. The molecule has 1 heterocycles. The van der Waals surface area contributed by atoms with Crippen LogP contribution in [0.25, 0.3) is 0 Å². The Hall–Kier alpha value is -2.10. The van der Waals surface area contributed by atoms with Gasteiger partial charge in [-0.25, -0.2) is 12.8 Å². The number of nitrogens with zero attached hydrogens (tertiary/aromatic N) is 1. The van der Waals surface area contributed by atoms with Crippen LogP contribution in [0.5, 0.6) is 0 Å². The van der Waals surface area contributed by atoms with Crippen LogP contribution in [0.4, 0.5) is 23.2 Å². The number of anilines is 1. The lowest BCUT2D eigenvalue weighted by Crippen LogP contribution is -2.24. The molecule has 2 aromatic rings. The number of aromatic nitrogens is 2. The molecule has 0 bridgehead atoms. The molecule has 21 heavy (non-hydrogen) atoms. The van der Waals surface area contributed by atoms with Crippen molar-refractivity contribution in [2.24, 2.45) is 0 Å². The van der Waals surface area contributed by atoms with E-state index in [0.717, 1.165) is 12.1 Å². The van der Waals surface area contributed by atoms with Crippen LogP contribution in [-0.4, -0.2) is 24.1 Å². The molecule has 0 amide bonds. The van der Waals surface area contributed by atoms with Gasteiger partial charge in [0.05, 0.1) is 17.9 Å². The summed E-state index contributed by atoms with van der Waals surface area (Å²) in [6.07, 6.45) is 1.43. The highest BCUT2D eigenvalue weighted by Gasteiger charge is 2.48. The SMILES string of the molecule is O=S(=O)(c1cc(F)ccc1NCc1ccn[nH]1)C(F)(F)F. The highest BCUT2D eigenvalue weighted by molar-refractivity contribution is 7.92. The third-order valence-electron chi connectivity index (χ3n) is 2.57. The first-order chi connectivity index (χ1) is 9.72. The summed E-state index contributed by atoms with van der Waals surface area (Å²) in [7, 11) is -5.65. The van der Waals surface area contributed by atoms with E-state index >= 15 is 0 Å². The third-order valence-corrected chi connectivity index (χ3v) is 4.09. The summed E-state index contributed by atoms with van der Waals surface area (Å²) < 4.78 is 73.7. The number of aromatic amines is 1. The monoisotopic (exact) mass is 323 g/mol. The number of nitrogens with one attached hydrogen (secondary N) is 2. The number of H-pyrrole nitrogens is 1. The highest BCUT2D eigenvalue weighted by Crippen LogP contribution is 2.34. The second kappa shape index (κ2) is 5.35. The Morgan fingerprint density at radius 3 is 2.52 bits per heavy atom. The van der Waals surface area contributed by atoms with Gasteiger partial charge in [0.15, 0.2) is 0 Å².